The highest BCUT2D eigenvalue weighted by Gasteiger charge is 2.29. The molecule has 0 bridgehead atoms. The lowest BCUT2D eigenvalue weighted by Gasteiger charge is -2.30. The van der Waals surface area contributed by atoms with Gasteiger partial charge in [-0.15, -0.1) is 0 Å². The molecule has 1 fully saturated rings. The van der Waals surface area contributed by atoms with Crippen molar-refractivity contribution in [3.05, 3.63) is 17.6 Å². The van der Waals surface area contributed by atoms with Crippen LogP contribution in [0.2, 0.25) is 0 Å². The third-order valence-corrected chi connectivity index (χ3v) is 5.17. The van der Waals surface area contributed by atoms with Gasteiger partial charge < -0.3 is 9.15 Å². The van der Waals surface area contributed by atoms with E-state index in [1.807, 2.05) is 0 Å². The molecule has 1 aliphatic carbocycles. The molecule has 1 heterocycles. The lowest BCUT2D eigenvalue weighted by molar-refractivity contribution is 0.00489. The first kappa shape index (κ1) is 16.4. The standard InChI is InChI=1S/C14H19ClO5S/c1-8-4-9(2)6-11(5-8)20-14(16)12-7-13(10(3)19-12)21(15,17)18/h7-9,11H,4-6H2,1-3H3. The van der Waals surface area contributed by atoms with Gasteiger partial charge in [-0.25, -0.2) is 13.2 Å². The number of hydrogen-bond acceptors (Lipinski definition) is 5. The van der Waals surface area contributed by atoms with E-state index in [-0.39, 0.29) is 22.5 Å². The number of ether oxygens (including phenoxy) is 1. The summed E-state index contributed by atoms with van der Waals surface area (Å²) in [7, 11) is 1.35. The van der Waals surface area contributed by atoms with E-state index in [4.69, 9.17) is 19.8 Å². The Kier molecular flexibility index (Phi) is 4.68. The molecule has 0 radical (unpaired) electrons. The summed E-state index contributed by atoms with van der Waals surface area (Å²) >= 11 is 0. The quantitative estimate of drug-likeness (QED) is 0.624. The van der Waals surface area contributed by atoms with Crippen LogP contribution in [0, 0.1) is 18.8 Å². The zero-order valence-corrected chi connectivity index (χ0v) is 13.8. The average Bonchev–Trinajstić information content (AvgIpc) is 2.69. The van der Waals surface area contributed by atoms with E-state index in [2.05, 4.69) is 13.8 Å². The molecule has 0 amide bonds. The summed E-state index contributed by atoms with van der Waals surface area (Å²) in [5.74, 6) is 0.322. The van der Waals surface area contributed by atoms with E-state index >= 15 is 0 Å². The number of carbonyl (C=O) groups excluding carboxylic acids is 1. The highest BCUT2D eigenvalue weighted by atomic mass is 35.7. The molecular formula is C14H19ClO5S. The van der Waals surface area contributed by atoms with Gasteiger partial charge in [-0.05, 0) is 38.0 Å². The number of rotatable bonds is 3. The Balaban J connectivity index is 2.11. The van der Waals surface area contributed by atoms with Crippen LogP contribution in [0.4, 0.5) is 0 Å². The maximum absolute atomic E-state index is 12.1. The Labute approximate surface area is 129 Å². The molecule has 5 nitrogen and oxygen atoms in total. The number of furan rings is 1. The third kappa shape index (κ3) is 4.01. The van der Waals surface area contributed by atoms with Crippen molar-refractivity contribution in [3.63, 3.8) is 0 Å². The first-order valence-electron chi connectivity index (χ1n) is 6.93. The largest absolute Gasteiger partial charge is 0.457 e. The molecule has 1 aromatic heterocycles. The van der Waals surface area contributed by atoms with E-state index in [9.17, 15) is 13.2 Å². The van der Waals surface area contributed by atoms with Crippen LogP contribution >= 0.6 is 10.7 Å². The second-order valence-electron chi connectivity index (χ2n) is 5.91. The van der Waals surface area contributed by atoms with Gasteiger partial charge in [-0.1, -0.05) is 13.8 Å². The summed E-state index contributed by atoms with van der Waals surface area (Å²) < 4.78 is 33.2. The van der Waals surface area contributed by atoms with Crippen LogP contribution in [-0.2, 0) is 13.8 Å². The number of esters is 1. The number of carbonyl (C=O) groups is 1. The maximum Gasteiger partial charge on any atom is 0.374 e. The van der Waals surface area contributed by atoms with Gasteiger partial charge >= 0.3 is 5.97 Å². The van der Waals surface area contributed by atoms with Crippen LogP contribution < -0.4 is 0 Å². The normalized spacial score (nSPS) is 26.6. The molecule has 21 heavy (non-hydrogen) atoms. The van der Waals surface area contributed by atoms with Crippen molar-refractivity contribution in [2.24, 2.45) is 11.8 Å². The van der Waals surface area contributed by atoms with Crippen molar-refractivity contribution in [1.82, 2.24) is 0 Å². The lowest BCUT2D eigenvalue weighted by atomic mass is 9.82. The van der Waals surface area contributed by atoms with Crippen LogP contribution in [0.25, 0.3) is 0 Å². The third-order valence-electron chi connectivity index (χ3n) is 3.75. The van der Waals surface area contributed by atoms with Crippen molar-refractivity contribution in [2.45, 2.75) is 51.0 Å². The van der Waals surface area contributed by atoms with Crippen molar-refractivity contribution < 1.29 is 22.4 Å². The topological polar surface area (TPSA) is 73.6 Å². The van der Waals surface area contributed by atoms with Crippen LogP contribution in [0.15, 0.2) is 15.4 Å². The molecular weight excluding hydrogens is 316 g/mol. The number of hydrogen-bond donors (Lipinski definition) is 0. The molecule has 2 rings (SSSR count). The van der Waals surface area contributed by atoms with Gasteiger partial charge in [0.15, 0.2) is 0 Å². The first-order chi connectivity index (χ1) is 9.66. The summed E-state index contributed by atoms with van der Waals surface area (Å²) in [6.45, 7) is 5.70. The molecule has 1 saturated carbocycles. The highest BCUT2D eigenvalue weighted by Crippen LogP contribution is 2.31. The van der Waals surface area contributed by atoms with E-state index in [0.29, 0.717) is 11.8 Å². The first-order valence-corrected chi connectivity index (χ1v) is 9.23. The Hall–Kier alpha value is -1.01. The minimum atomic E-state index is -3.93. The summed E-state index contributed by atoms with van der Waals surface area (Å²) in [6.07, 6.45) is 2.60. The fraction of sp³-hybridized carbons (Fsp3) is 0.643. The Morgan fingerprint density at radius 3 is 2.33 bits per heavy atom. The van der Waals surface area contributed by atoms with Crippen molar-refractivity contribution in [2.75, 3.05) is 0 Å². The summed E-state index contributed by atoms with van der Waals surface area (Å²) in [5.41, 5.74) is 0. The molecule has 2 unspecified atom stereocenters. The van der Waals surface area contributed by atoms with Crippen molar-refractivity contribution in [3.8, 4) is 0 Å². The molecule has 0 aromatic carbocycles. The molecule has 7 heteroatoms. The summed E-state index contributed by atoms with van der Waals surface area (Å²) in [5, 5.41) is 0. The van der Waals surface area contributed by atoms with Gasteiger partial charge in [0, 0.05) is 16.7 Å². The van der Waals surface area contributed by atoms with E-state index in [0.717, 1.165) is 25.3 Å². The average molecular weight is 335 g/mol. The van der Waals surface area contributed by atoms with Gasteiger partial charge in [0.2, 0.25) is 5.76 Å². The lowest BCUT2D eigenvalue weighted by Crippen LogP contribution is -2.28. The molecule has 1 aromatic rings. The second kappa shape index (κ2) is 6.01. The number of halogens is 1. The maximum atomic E-state index is 12.1. The van der Waals surface area contributed by atoms with Gasteiger partial charge in [-0.2, -0.15) is 0 Å². The molecule has 0 aliphatic heterocycles. The molecule has 0 N–H and O–H groups in total. The van der Waals surface area contributed by atoms with E-state index in [1.165, 1.54) is 6.92 Å². The van der Waals surface area contributed by atoms with Crippen LogP contribution in [-0.4, -0.2) is 20.5 Å². The smallest absolute Gasteiger partial charge is 0.374 e. The van der Waals surface area contributed by atoms with Gasteiger partial charge in [0.25, 0.3) is 9.05 Å². The van der Waals surface area contributed by atoms with Crippen molar-refractivity contribution >= 4 is 25.7 Å². The fourth-order valence-corrected chi connectivity index (χ4v) is 4.08. The molecule has 118 valence electrons. The Bertz CT molecular complexity index is 624. The van der Waals surface area contributed by atoms with E-state index < -0.39 is 15.0 Å². The minimum Gasteiger partial charge on any atom is -0.457 e. The minimum absolute atomic E-state index is 0.0855. The second-order valence-corrected chi connectivity index (χ2v) is 8.45. The molecule has 0 saturated heterocycles. The van der Waals surface area contributed by atoms with Gasteiger partial charge in [0.05, 0.1) is 0 Å². The summed E-state index contributed by atoms with van der Waals surface area (Å²) in [6, 6.07) is 1.12. The Morgan fingerprint density at radius 1 is 1.29 bits per heavy atom. The zero-order valence-electron chi connectivity index (χ0n) is 12.3. The fourth-order valence-electron chi connectivity index (χ4n) is 2.99. The summed E-state index contributed by atoms with van der Waals surface area (Å²) in [4.78, 5) is 11.9. The van der Waals surface area contributed by atoms with Crippen LogP contribution in [0.5, 0.6) is 0 Å². The van der Waals surface area contributed by atoms with Crippen LogP contribution in [0.3, 0.4) is 0 Å². The highest BCUT2D eigenvalue weighted by molar-refractivity contribution is 8.13. The monoisotopic (exact) mass is 334 g/mol. The predicted molar refractivity (Wildman–Crippen MR) is 77.9 cm³/mol. The Morgan fingerprint density at radius 2 is 1.86 bits per heavy atom. The number of aryl methyl sites for hydroxylation is 1. The van der Waals surface area contributed by atoms with Crippen molar-refractivity contribution in [1.29, 1.82) is 0 Å². The zero-order chi connectivity index (χ0) is 15.8. The van der Waals surface area contributed by atoms with E-state index in [1.54, 1.807) is 0 Å². The molecule has 0 spiro atoms. The molecule has 1 aliphatic rings. The van der Waals surface area contributed by atoms with Gasteiger partial charge in [-0.3, -0.25) is 0 Å². The van der Waals surface area contributed by atoms with Gasteiger partial charge in [0.1, 0.15) is 16.8 Å². The predicted octanol–water partition coefficient (Wildman–Crippen LogP) is 3.50. The van der Waals surface area contributed by atoms with Crippen LogP contribution in [0.1, 0.15) is 49.4 Å². The molecule has 2 atom stereocenters. The SMILES string of the molecule is Cc1oc(C(=O)OC2CC(C)CC(C)C2)cc1S(=O)(=O)Cl.